The van der Waals surface area contributed by atoms with Crippen LogP contribution in [0.15, 0.2) is 30.3 Å². The van der Waals surface area contributed by atoms with Crippen LogP contribution in [0.4, 0.5) is 0 Å². The number of carbonyl (C=O) groups excluding carboxylic acids is 4. The maximum Gasteiger partial charge on any atom is 0.325 e. The highest BCUT2D eigenvalue weighted by Crippen LogP contribution is 2.18. The summed E-state index contributed by atoms with van der Waals surface area (Å²) in [6.45, 7) is 1.72. The second-order valence-corrected chi connectivity index (χ2v) is 7.01. The average Bonchev–Trinajstić information content (AvgIpc) is 3.21. The number of nitrogens with zero attached hydrogens (tertiary/aromatic N) is 1. The first-order valence-electron chi connectivity index (χ1n) is 9.58. The van der Waals surface area contributed by atoms with Gasteiger partial charge in [0.15, 0.2) is 0 Å². The first kappa shape index (κ1) is 22.4. The van der Waals surface area contributed by atoms with Crippen molar-refractivity contribution in [2.24, 2.45) is 5.73 Å². The molecule has 1 aliphatic rings. The monoisotopic (exact) mass is 404 g/mol. The minimum absolute atomic E-state index is 0.255. The molecule has 9 heteroatoms. The lowest BCUT2D eigenvalue weighted by Gasteiger charge is -2.27. The van der Waals surface area contributed by atoms with Gasteiger partial charge in [-0.15, -0.1) is 0 Å². The summed E-state index contributed by atoms with van der Waals surface area (Å²) < 4.78 is 4.49. The van der Waals surface area contributed by atoms with E-state index in [0.29, 0.717) is 25.8 Å². The van der Waals surface area contributed by atoms with Crippen LogP contribution >= 0.6 is 0 Å². The fraction of sp³-hybridized carbons (Fsp3) is 0.500. The van der Waals surface area contributed by atoms with Crippen LogP contribution in [0.25, 0.3) is 0 Å². The van der Waals surface area contributed by atoms with Crippen molar-refractivity contribution in [3.63, 3.8) is 0 Å². The fourth-order valence-electron chi connectivity index (χ4n) is 3.24. The molecule has 0 aliphatic carbocycles. The number of amides is 3. The highest BCUT2D eigenvalue weighted by atomic mass is 16.5. The normalized spacial score (nSPS) is 17.9. The number of nitrogens with one attached hydrogen (secondary N) is 2. The standard InChI is InChI=1S/C20H28N4O5/c1-13(23-18(26)15(21)11-14-7-4-3-5-8-14)20(28)24-10-6-9-16(24)19(27)22-12-17(25)29-2/h3-5,7-8,13,15-16H,6,9-12,21H2,1-2H3,(H,22,27)(H,23,26)/t13-,15-,16-/m0/s1. The Morgan fingerprint density at radius 2 is 1.93 bits per heavy atom. The molecule has 0 radical (unpaired) electrons. The Hall–Kier alpha value is -2.94. The number of benzene rings is 1. The molecule has 9 nitrogen and oxygen atoms in total. The molecule has 1 heterocycles. The Kier molecular flexibility index (Phi) is 8.14. The van der Waals surface area contributed by atoms with Crippen molar-refractivity contribution < 1.29 is 23.9 Å². The van der Waals surface area contributed by atoms with Gasteiger partial charge in [-0.3, -0.25) is 19.2 Å². The third-order valence-electron chi connectivity index (χ3n) is 4.84. The Morgan fingerprint density at radius 3 is 2.59 bits per heavy atom. The maximum absolute atomic E-state index is 12.8. The molecule has 0 unspecified atom stereocenters. The molecule has 3 atom stereocenters. The zero-order valence-electron chi connectivity index (χ0n) is 16.7. The summed E-state index contributed by atoms with van der Waals surface area (Å²) in [4.78, 5) is 50.1. The summed E-state index contributed by atoms with van der Waals surface area (Å²) in [5.74, 6) is -1.77. The van der Waals surface area contributed by atoms with Crippen LogP contribution in [-0.4, -0.2) is 66.9 Å². The topological polar surface area (TPSA) is 131 Å². The van der Waals surface area contributed by atoms with Gasteiger partial charge in [-0.25, -0.2) is 0 Å². The minimum Gasteiger partial charge on any atom is -0.468 e. The number of rotatable bonds is 8. The molecule has 0 spiro atoms. The van der Waals surface area contributed by atoms with E-state index < -0.39 is 35.9 Å². The second kappa shape index (κ2) is 10.6. The first-order chi connectivity index (χ1) is 13.8. The molecule has 1 saturated heterocycles. The number of ether oxygens (including phenoxy) is 1. The summed E-state index contributed by atoms with van der Waals surface area (Å²) in [5.41, 5.74) is 6.89. The van der Waals surface area contributed by atoms with Gasteiger partial charge < -0.3 is 26.0 Å². The minimum atomic E-state index is -0.821. The van der Waals surface area contributed by atoms with Gasteiger partial charge in [-0.2, -0.15) is 0 Å². The van der Waals surface area contributed by atoms with Crippen LogP contribution in [-0.2, 0) is 30.3 Å². The molecule has 1 aromatic carbocycles. The van der Waals surface area contributed by atoms with Gasteiger partial charge in [0.1, 0.15) is 18.6 Å². The number of esters is 1. The number of nitrogens with two attached hydrogens (primary N) is 1. The Morgan fingerprint density at radius 1 is 1.24 bits per heavy atom. The van der Waals surface area contributed by atoms with Gasteiger partial charge in [0.25, 0.3) is 0 Å². The number of carbonyl (C=O) groups is 4. The Bertz CT molecular complexity index is 740. The third kappa shape index (κ3) is 6.28. The average molecular weight is 404 g/mol. The van der Waals surface area contributed by atoms with Gasteiger partial charge in [-0.1, -0.05) is 30.3 Å². The smallest absolute Gasteiger partial charge is 0.325 e. The quantitative estimate of drug-likeness (QED) is 0.493. The summed E-state index contributed by atoms with van der Waals surface area (Å²) in [6, 6.07) is 7.08. The van der Waals surface area contributed by atoms with Crippen LogP contribution in [0.2, 0.25) is 0 Å². The van der Waals surface area contributed by atoms with E-state index in [-0.39, 0.29) is 12.5 Å². The van der Waals surface area contributed by atoms with E-state index in [0.717, 1.165) is 5.56 Å². The van der Waals surface area contributed by atoms with Gasteiger partial charge in [-0.05, 0) is 31.7 Å². The fourth-order valence-corrected chi connectivity index (χ4v) is 3.24. The lowest BCUT2D eigenvalue weighted by atomic mass is 10.1. The molecular weight excluding hydrogens is 376 g/mol. The molecule has 29 heavy (non-hydrogen) atoms. The van der Waals surface area contributed by atoms with Gasteiger partial charge in [0, 0.05) is 6.54 Å². The first-order valence-corrected chi connectivity index (χ1v) is 9.58. The predicted molar refractivity (Wildman–Crippen MR) is 105 cm³/mol. The van der Waals surface area contributed by atoms with Gasteiger partial charge in [0.2, 0.25) is 17.7 Å². The molecule has 0 saturated carbocycles. The highest BCUT2D eigenvalue weighted by molar-refractivity contribution is 5.94. The third-order valence-corrected chi connectivity index (χ3v) is 4.84. The van der Waals surface area contributed by atoms with Crippen molar-refractivity contribution in [1.82, 2.24) is 15.5 Å². The zero-order chi connectivity index (χ0) is 21.4. The van der Waals surface area contributed by atoms with Crippen LogP contribution < -0.4 is 16.4 Å². The summed E-state index contributed by atoms with van der Waals surface area (Å²) >= 11 is 0. The van der Waals surface area contributed by atoms with Crippen molar-refractivity contribution in [3.8, 4) is 0 Å². The molecule has 0 aromatic heterocycles. The number of likely N-dealkylation sites (tertiary alicyclic amines) is 1. The summed E-state index contributed by atoms with van der Waals surface area (Å²) in [5, 5.41) is 5.11. The zero-order valence-corrected chi connectivity index (χ0v) is 16.7. The molecule has 3 amide bonds. The number of hydrogen-bond acceptors (Lipinski definition) is 6. The molecule has 1 aliphatic heterocycles. The molecular formula is C20H28N4O5. The molecule has 158 valence electrons. The predicted octanol–water partition coefficient (Wildman–Crippen LogP) is -0.659. The molecule has 1 aromatic rings. The molecule has 2 rings (SSSR count). The summed E-state index contributed by atoms with van der Waals surface area (Å²) in [6.07, 6.45) is 1.51. The lowest BCUT2D eigenvalue weighted by molar-refractivity contribution is -0.143. The van der Waals surface area contributed by atoms with E-state index in [1.54, 1.807) is 6.92 Å². The van der Waals surface area contributed by atoms with Crippen molar-refractivity contribution in [1.29, 1.82) is 0 Å². The summed E-state index contributed by atoms with van der Waals surface area (Å²) in [7, 11) is 1.23. The SMILES string of the molecule is COC(=O)CNC(=O)[C@@H]1CCCN1C(=O)[C@H](C)NC(=O)[C@@H](N)Cc1ccccc1. The molecule has 4 N–H and O–H groups in total. The number of hydrogen-bond donors (Lipinski definition) is 3. The van der Waals surface area contributed by atoms with E-state index >= 15 is 0 Å². The Balaban J connectivity index is 1.89. The van der Waals surface area contributed by atoms with Crippen LogP contribution in [0.1, 0.15) is 25.3 Å². The van der Waals surface area contributed by atoms with Crippen LogP contribution in [0.3, 0.4) is 0 Å². The van der Waals surface area contributed by atoms with Crippen molar-refractivity contribution in [3.05, 3.63) is 35.9 Å². The number of methoxy groups -OCH3 is 1. The Labute approximate surface area is 169 Å². The van der Waals surface area contributed by atoms with Crippen LogP contribution in [0.5, 0.6) is 0 Å². The van der Waals surface area contributed by atoms with E-state index in [9.17, 15) is 19.2 Å². The van der Waals surface area contributed by atoms with E-state index in [1.807, 2.05) is 30.3 Å². The largest absolute Gasteiger partial charge is 0.468 e. The molecule has 0 bridgehead atoms. The van der Waals surface area contributed by atoms with Crippen molar-refractivity contribution >= 4 is 23.7 Å². The van der Waals surface area contributed by atoms with Crippen molar-refractivity contribution in [2.75, 3.05) is 20.2 Å². The van der Waals surface area contributed by atoms with E-state index in [2.05, 4.69) is 15.4 Å². The van der Waals surface area contributed by atoms with Gasteiger partial charge in [0.05, 0.1) is 13.2 Å². The van der Waals surface area contributed by atoms with E-state index in [4.69, 9.17) is 5.73 Å². The highest BCUT2D eigenvalue weighted by Gasteiger charge is 2.36. The van der Waals surface area contributed by atoms with Gasteiger partial charge >= 0.3 is 5.97 Å². The van der Waals surface area contributed by atoms with Crippen LogP contribution in [0, 0.1) is 0 Å². The lowest BCUT2D eigenvalue weighted by Crippen LogP contribution is -2.55. The maximum atomic E-state index is 12.8. The van der Waals surface area contributed by atoms with Crippen molar-refractivity contribution in [2.45, 2.75) is 44.3 Å². The van der Waals surface area contributed by atoms with E-state index in [1.165, 1.54) is 12.0 Å². The molecule has 1 fully saturated rings. The second-order valence-electron chi connectivity index (χ2n) is 7.01.